The number of rotatable bonds is 2. The van der Waals surface area contributed by atoms with Crippen molar-refractivity contribution < 1.29 is 4.79 Å². The molecule has 3 rings (SSSR count). The van der Waals surface area contributed by atoms with Crippen LogP contribution >= 0.6 is 11.6 Å². The second-order valence-electron chi connectivity index (χ2n) is 4.66. The SMILES string of the molecule is O=C(c1ccc(Cl)cc1)C1C2CCCC21. The third kappa shape index (κ3) is 1.50. The van der Waals surface area contributed by atoms with Crippen LogP contribution in [0.3, 0.4) is 0 Å². The van der Waals surface area contributed by atoms with Crippen LogP contribution in [0.5, 0.6) is 0 Å². The lowest BCUT2D eigenvalue weighted by Crippen LogP contribution is -2.05. The number of hydrogen-bond donors (Lipinski definition) is 0. The molecule has 78 valence electrons. The maximum Gasteiger partial charge on any atom is 0.166 e. The van der Waals surface area contributed by atoms with Crippen LogP contribution in [0.15, 0.2) is 24.3 Å². The van der Waals surface area contributed by atoms with Crippen LogP contribution in [0.2, 0.25) is 5.02 Å². The summed E-state index contributed by atoms with van der Waals surface area (Å²) in [5.74, 6) is 2.07. The molecule has 2 atom stereocenters. The topological polar surface area (TPSA) is 17.1 Å². The lowest BCUT2D eigenvalue weighted by Gasteiger charge is -2.02. The summed E-state index contributed by atoms with van der Waals surface area (Å²) in [6, 6.07) is 7.29. The van der Waals surface area contributed by atoms with Crippen LogP contribution in [0.4, 0.5) is 0 Å². The molecule has 1 aromatic carbocycles. The highest BCUT2D eigenvalue weighted by Crippen LogP contribution is 2.58. The Balaban J connectivity index is 1.78. The summed E-state index contributed by atoms with van der Waals surface area (Å²) in [6.07, 6.45) is 3.84. The van der Waals surface area contributed by atoms with Gasteiger partial charge in [-0.3, -0.25) is 4.79 Å². The van der Waals surface area contributed by atoms with Crippen molar-refractivity contribution in [3.05, 3.63) is 34.9 Å². The first-order chi connectivity index (χ1) is 7.27. The summed E-state index contributed by atoms with van der Waals surface area (Å²) in [5, 5.41) is 0.697. The zero-order valence-electron chi connectivity index (χ0n) is 8.45. The van der Waals surface area contributed by atoms with Gasteiger partial charge in [0.2, 0.25) is 0 Å². The van der Waals surface area contributed by atoms with Crippen molar-refractivity contribution in [3.8, 4) is 0 Å². The summed E-state index contributed by atoms with van der Waals surface area (Å²) >= 11 is 5.80. The first-order valence-corrected chi connectivity index (χ1v) is 5.95. The number of ketones is 1. The van der Waals surface area contributed by atoms with Crippen LogP contribution < -0.4 is 0 Å². The Kier molecular flexibility index (Phi) is 2.10. The highest BCUT2D eigenvalue weighted by atomic mass is 35.5. The van der Waals surface area contributed by atoms with Crippen molar-refractivity contribution in [2.24, 2.45) is 17.8 Å². The van der Waals surface area contributed by atoms with Gasteiger partial charge in [-0.1, -0.05) is 18.0 Å². The molecule has 2 fully saturated rings. The smallest absolute Gasteiger partial charge is 0.166 e. The predicted molar refractivity (Wildman–Crippen MR) is 60.1 cm³/mol. The van der Waals surface area contributed by atoms with Crippen LogP contribution in [0, 0.1) is 17.8 Å². The van der Waals surface area contributed by atoms with Crippen LogP contribution in [-0.2, 0) is 0 Å². The van der Waals surface area contributed by atoms with Crippen LogP contribution in [0.1, 0.15) is 29.6 Å². The van der Waals surface area contributed by atoms with E-state index in [-0.39, 0.29) is 0 Å². The number of Topliss-reactive ketones (excluding diaryl/α,β-unsaturated/α-hetero) is 1. The minimum Gasteiger partial charge on any atom is -0.294 e. The Morgan fingerprint density at radius 2 is 1.73 bits per heavy atom. The molecule has 0 aromatic heterocycles. The lowest BCUT2D eigenvalue weighted by atomic mass is 10.0. The average Bonchev–Trinajstić information content (AvgIpc) is 2.72. The van der Waals surface area contributed by atoms with Gasteiger partial charge < -0.3 is 0 Å². The largest absolute Gasteiger partial charge is 0.294 e. The number of carbonyl (C=O) groups excluding carboxylic acids is 1. The molecule has 0 aliphatic heterocycles. The maximum atomic E-state index is 12.1. The molecule has 0 heterocycles. The van der Waals surface area contributed by atoms with E-state index in [1.54, 1.807) is 12.1 Å². The van der Waals surface area contributed by atoms with E-state index in [9.17, 15) is 4.79 Å². The number of hydrogen-bond acceptors (Lipinski definition) is 1. The Morgan fingerprint density at radius 1 is 1.13 bits per heavy atom. The van der Waals surface area contributed by atoms with Gasteiger partial charge in [-0.25, -0.2) is 0 Å². The average molecular weight is 221 g/mol. The molecule has 2 heteroatoms. The Labute approximate surface area is 94.4 Å². The molecule has 2 unspecified atom stereocenters. The summed E-state index contributed by atoms with van der Waals surface area (Å²) in [7, 11) is 0. The molecular formula is C13H13ClO. The van der Waals surface area contributed by atoms with E-state index in [2.05, 4.69) is 0 Å². The van der Waals surface area contributed by atoms with E-state index in [0.29, 0.717) is 28.6 Å². The van der Waals surface area contributed by atoms with Crippen molar-refractivity contribution >= 4 is 17.4 Å². The Bertz CT molecular complexity index is 386. The molecule has 15 heavy (non-hydrogen) atoms. The molecule has 2 aliphatic carbocycles. The van der Waals surface area contributed by atoms with Gasteiger partial charge in [0, 0.05) is 16.5 Å². The minimum atomic E-state index is 0.333. The lowest BCUT2D eigenvalue weighted by molar-refractivity contribution is 0.0951. The standard InChI is InChI=1S/C13H13ClO/c14-9-6-4-8(5-7-9)13(15)12-10-2-1-3-11(10)12/h4-7,10-12H,1-3H2. The molecule has 1 nitrogen and oxygen atoms in total. The second-order valence-corrected chi connectivity index (χ2v) is 5.09. The van der Waals surface area contributed by atoms with E-state index < -0.39 is 0 Å². The van der Waals surface area contributed by atoms with Gasteiger partial charge in [0.15, 0.2) is 5.78 Å². The Morgan fingerprint density at radius 3 is 2.33 bits per heavy atom. The first-order valence-electron chi connectivity index (χ1n) is 5.57. The summed E-state index contributed by atoms with van der Waals surface area (Å²) in [5.41, 5.74) is 0.832. The molecular weight excluding hydrogens is 208 g/mol. The Hall–Kier alpha value is -0.820. The molecule has 0 radical (unpaired) electrons. The molecule has 0 spiro atoms. The monoisotopic (exact) mass is 220 g/mol. The van der Waals surface area contributed by atoms with Crippen molar-refractivity contribution in [2.45, 2.75) is 19.3 Å². The summed E-state index contributed by atoms with van der Waals surface area (Å²) in [6.45, 7) is 0. The van der Waals surface area contributed by atoms with Gasteiger partial charge in [-0.15, -0.1) is 0 Å². The van der Waals surface area contributed by atoms with Crippen molar-refractivity contribution in [2.75, 3.05) is 0 Å². The molecule has 0 saturated heterocycles. The molecule has 1 aromatic rings. The van der Waals surface area contributed by atoms with Gasteiger partial charge >= 0.3 is 0 Å². The van der Waals surface area contributed by atoms with E-state index in [1.807, 2.05) is 12.1 Å². The number of carbonyl (C=O) groups is 1. The highest BCUT2D eigenvalue weighted by molar-refractivity contribution is 6.30. The third-order valence-electron chi connectivity index (χ3n) is 3.84. The number of fused-ring (bicyclic) bond motifs is 1. The van der Waals surface area contributed by atoms with E-state index in [4.69, 9.17) is 11.6 Å². The normalized spacial score (nSPS) is 32.5. The van der Waals surface area contributed by atoms with E-state index >= 15 is 0 Å². The fraction of sp³-hybridized carbons (Fsp3) is 0.462. The highest BCUT2D eigenvalue weighted by Gasteiger charge is 2.56. The molecule has 0 amide bonds. The number of benzene rings is 1. The molecule has 2 saturated carbocycles. The van der Waals surface area contributed by atoms with Gasteiger partial charge in [-0.2, -0.15) is 0 Å². The molecule has 2 aliphatic rings. The second kappa shape index (κ2) is 3.34. The van der Waals surface area contributed by atoms with Gasteiger partial charge in [-0.05, 0) is 48.9 Å². The quantitative estimate of drug-likeness (QED) is 0.697. The molecule has 0 N–H and O–H groups in total. The van der Waals surface area contributed by atoms with Gasteiger partial charge in [0.25, 0.3) is 0 Å². The summed E-state index contributed by atoms with van der Waals surface area (Å²) in [4.78, 5) is 12.1. The predicted octanol–water partition coefficient (Wildman–Crippen LogP) is 3.57. The van der Waals surface area contributed by atoms with E-state index in [0.717, 1.165) is 5.56 Å². The fourth-order valence-electron chi connectivity index (χ4n) is 3.02. The van der Waals surface area contributed by atoms with Gasteiger partial charge in [0.05, 0.1) is 0 Å². The third-order valence-corrected chi connectivity index (χ3v) is 4.09. The number of halogens is 1. The fourth-order valence-corrected chi connectivity index (χ4v) is 3.14. The minimum absolute atomic E-state index is 0.333. The van der Waals surface area contributed by atoms with Crippen molar-refractivity contribution in [3.63, 3.8) is 0 Å². The van der Waals surface area contributed by atoms with Crippen molar-refractivity contribution in [1.82, 2.24) is 0 Å². The van der Waals surface area contributed by atoms with E-state index in [1.165, 1.54) is 19.3 Å². The van der Waals surface area contributed by atoms with Crippen LogP contribution in [0.25, 0.3) is 0 Å². The maximum absolute atomic E-state index is 12.1. The molecule has 0 bridgehead atoms. The van der Waals surface area contributed by atoms with Gasteiger partial charge in [0.1, 0.15) is 0 Å². The first kappa shape index (κ1) is 9.41. The zero-order valence-corrected chi connectivity index (χ0v) is 9.20. The summed E-state index contributed by atoms with van der Waals surface area (Å²) < 4.78 is 0. The van der Waals surface area contributed by atoms with Crippen molar-refractivity contribution in [1.29, 1.82) is 0 Å². The zero-order chi connectivity index (χ0) is 10.4. The van der Waals surface area contributed by atoms with Crippen LogP contribution in [-0.4, -0.2) is 5.78 Å².